The van der Waals surface area contributed by atoms with Crippen LogP contribution in [0.15, 0.2) is 0 Å². The Hall–Kier alpha value is -0.160. The van der Waals surface area contributed by atoms with E-state index in [1.807, 2.05) is 6.92 Å². The third-order valence-electron chi connectivity index (χ3n) is 0.995. The molecule has 0 saturated heterocycles. The second-order valence-electron chi connectivity index (χ2n) is 2.11. The lowest BCUT2D eigenvalue weighted by molar-refractivity contribution is -0.336. The summed E-state index contributed by atoms with van der Waals surface area (Å²) in [5.41, 5.74) is 5.24. The summed E-state index contributed by atoms with van der Waals surface area (Å²) >= 11 is 0. The number of nitrogens with two attached hydrogens (primary N) is 1. The van der Waals surface area contributed by atoms with Gasteiger partial charge in [0.05, 0.1) is 13.2 Å². The van der Waals surface area contributed by atoms with Crippen LogP contribution in [-0.2, 0) is 14.5 Å². The average molecular weight is 163 g/mol. The lowest BCUT2D eigenvalue weighted by Gasteiger charge is -2.02. The van der Waals surface area contributed by atoms with E-state index in [9.17, 15) is 0 Å². The molecule has 0 rings (SSSR count). The van der Waals surface area contributed by atoms with Crippen molar-refractivity contribution in [1.29, 1.82) is 0 Å². The lowest BCUT2D eigenvalue weighted by atomic mass is 10.5. The average Bonchev–Trinajstić information content (AvgIpc) is 2.03. The predicted octanol–water partition coefficient (Wildman–Crippen LogP) is 0.668. The van der Waals surface area contributed by atoms with Crippen molar-refractivity contribution in [3.63, 3.8) is 0 Å². The lowest BCUT2D eigenvalue weighted by Crippen LogP contribution is -2.07. The molecule has 68 valence electrons. The van der Waals surface area contributed by atoms with Gasteiger partial charge in [0.1, 0.15) is 0 Å². The Kier molecular flexibility index (Phi) is 9.70. The number of ether oxygens (including phenoxy) is 1. The van der Waals surface area contributed by atoms with Gasteiger partial charge in [-0.1, -0.05) is 6.92 Å². The van der Waals surface area contributed by atoms with E-state index < -0.39 is 0 Å². The van der Waals surface area contributed by atoms with E-state index in [2.05, 4.69) is 4.89 Å². The minimum atomic E-state index is 0.194. The van der Waals surface area contributed by atoms with Crippen molar-refractivity contribution in [3.8, 4) is 0 Å². The molecule has 0 fully saturated rings. The molecular weight excluding hydrogens is 146 g/mol. The van der Waals surface area contributed by atoms with Crippen molar-refractivity contribution in [2.24, 2.45) is 5.73 Å². The molecule has 0 aromatic rings. The second-order valence-corrected chi connectivity index (χ2v) is 2.11. The SMILES string of the molecule is CCCOOCOCCCN. The maximum absolute atomic E-state index is 5.24. The van der Waals surface area contributed by atoms with Crippen molar-refractivity contribution in [2.45, 2.75) is 19.8 Å². The molecule has 4 nitrogen and oxygen atoms in total. The largest absolute Gasteiger partial charge is 0.352 e. The van der Waals surface area contributed by atoms with Crippen molar-refractivity contribution in [3.05, 3.63) is 0 Å². The van der Waals surface area contributed by atoms with Crippen LogP contribution in [0, 0.1) is 0 Å². The molecule has 0 heterocycles. The van der Waals surface area contributed by atoms with Gasteiger partial charge >= 0.3 is 0 Å². The van der Waals surface area contributed by atoms with Crippen LogP contribution in [0.4, 0.5) is 0 Å². The molecule has 0 aromatic carbocycles. The van der Waals surface area contributed by atoms with E-state index in [0.29, 0.717) is 19.8 Å². The summed E-state index contributed by atoms with van der Waals surface area (Å²) in [6.45, 7) is 4.10. The zero-order valence-corrected chi connectivity index (χ0v) is 7.04. The van der Waals surface area contributed by atoms with Crippen molar-refractivity contribution in [2.75, 3.05) is 26.6 Å². The Morgan fingerprint density at radius 1 is 1.18 bits per heavy atom. The summed E-state index contributed by atoms with van der Waals surface area (Å²) in [6, 6.07) is 0. The highest BCUT2D eigenvalue weighted by atomic mass is 17.2. The minimum absolute atomic E-state index is 0.194. The quantitative estimate of drug-likeness (QED) is 0.247. The van der Waals surface area contributed by atoms with Gasteiger partial charge in [-0.15, -0.1) is 0 Å². The molecule has 0 spiro atoms. The Morgan fingerprint density at radius 3 is 2.64 bits per heavy atom. The summed E-state index contributed by atoms with van der Waals surface area (Å²) in [5, 5.41) is 0. The maximum atomic E-state index is 5.24. The topological polar surface area (TPSA) is 53.7 Å². The highest BCUT2D eigenvalue weighted by molar-refractivity contribution is 4.32. The van der Waals surface area contributed by atoms with Crippen molar-refractivity contribution < 1.29 is 14.5 Å². The molecule has 0 aliphatic rings. The molecule has 0 radical (unpaired) electrons. The molecule has 0 saturated carbocycles. The number of rotatable bonds is 8. The minimum Gasteiger partial charge on any atom is -0.352 e. The molecule has 0 bridgehead atoms. The van der Waals surface area contributed by atoms with Gasteiger partial charge < -0.3 is 10.5 Å². The van der Waals surface area contributed by atoms with Gasteiger partial charge in [0.25, 0.3) is 0 Å². The molecule has 2 N–H and O–H groups in total. The van der Waals surface area contributed by atoms with Crippen LogP contribution in [0.25, 0.3) is 0 Å². The van der Waals surface area contributed by atoms with E-state index in [1.54, 1.807) is 0 Å². The summed E-state index contributed by atoms with van der Waals surface area (Å²) < 4.78 is 4.99. The first kappa shape index (κ1) is 10.8. The normalized spacial score (nSPS) is 10.4. The summed E-state index contributed by atoms with van der Waals surface area (Å²) in [7, 11) is 0. The van der Waals surface area contributed by atoms with Crippen molar-refractivity contribution >= 4 is 0 Å². The first-order valence-corrected chi connectivity index (χ1v) is 3.94. The zero-order valence-electron chi connectivity index (χ0n) is 7.04. The fourth-order valence-electron chi connectivity index (χ4n) is 0.455. The van der Waals surface area contributed by atoms with Crippen LogP contribution < -0.4 is 5.73 Å². The first-order valence-electron chi connectivity index (χ1n) is 3.94. The number of hydrogen-bond donors (Lipinski definition) is 1. The molecule has 4 heteroatoms. The van der Waals surface area contributed by atoms with Crippen LogP contribution in [-0.4, -0.2) is 26.6 Å². The van der Waals surface area contributed by atoms with Crippen LogP contribution >= 0.6 is 0 Å². The molecular formula is C7H17NO3. The molecule has 0 aliphatic carbocycles. The van der Waals surface area contributed by atoms with Crippen molar-refractivity contribution in [1.82, 2.24) is 0 Å². The maximum Gasteiger partial charge on any atom is 0.180 e. The summed E-state index contributed by atoms with van der Waals surface area (Å²) in [5.74, 6) is 0. The molecule has 11 heavy (non-hydrogen) atoms. The standard InChI is InChI=1S/C7H17NO3/c1-2-5-10-11-7-9-6-3-4-8/h2-8H2,1H3. The van der Waals surface area contributed by atoms with E-state index in [-0.39, 0.29) is 6.79 Å². The third kappa shape index (κ3) is 9.84. The molecule has 0 atom stereocenters. The molecule has 0 aliphatic heterocycles. The summed E-state index contributed by atoms with van der Waals surface area (Å²) in [6.07, 6.45) is 1.81. The summed E-state index contributed by atoms with van der Waals surface area (Å²) in [4.78, 5) is 9.36. The molecule has 0 aromatic heterocycles. The van der Waals surface area contributed by atoms with Crippen LogP contribution in [0.5, 0.6) is 0 Å². The Labute approximate surface area is 67.5 Å². The van der Waals surface area contributed by atoms with E-state index >= 15 is 0 Å². The second kappa shape index (κ2) is 9.84. The molecule has 0 unspecified atom stereocenters. The fourth-order valence-corrected chi connectivity index (χ4v) is 0.455. The fraction of sp³-hybridized carbons (Fsp3) is 1.00. The Bertz CT molecular complexity index is 62.7. The van der Waals surface area contributed by atoms with Crippen LogP contribution in [0.3, 0.4) is 0 Å². The Morgan fingerprint density at radius 2 is 2.00 bits per heavy atom. The van der Waals surface area contributed by atoms with Gasteiger partial charge in [0, 0.05) is 0 Å². The van der Waals surface area contributed by atoms with E-state index in [1.165, 1.54) is 0 Å². The highest BCUT2D eigenvalue weighted by Crippen LogP contribution is 1.85. The number of hydrogen-bond acceptors (Lipinski definition) is 4. The van der Waals surface area contributed by atoms with E-state index in [4.69, 9.17) is 15.4 Å². The molecule has 0 amide bonds. The monoisotopic (exact) mass is 163 g/mol. The van der Waals surface area contributed by atoms with Gasteiger partial charge in [0.15, 0.2) is 6.79 Å². The van der Waals surface area contributed by atoms with Gasteiger partial charge in [-0.3, -0.25) is 0 Å². The van der Waals surface area contributed by atoms with E-state index in [0.717, 1.165) is 12.8 Å². The third-order valence-corrected chi connectivity index (χ3v) is 0.995. The van der Waals surface area contributed by atoms with Gasteiger partial charge in [-0.05, 0) is 19.4 Å². The highest BCUT2D eigenvalue weighted by Gasteiger charge is 1.87. The van der Waals surface area contributed by atoms with Gasteiger partial charge in [0.2, 0.25) is 0 Å². The van der Waals surface area contributed by atoms with Crippen LogP contribution in [0.1, 0.15) is 19.8 Å². The van der Waals surface area contributed by atoms with Gasteiger partial charge in [-0.2, -0.15) is 0 Å². The predicted molar refractivity (Wildman–Crippen MR) is 41.8 cm³/mol. The smallest absolute Gasteiger partial charge is 0.180 e. The van der Waals surface area contributed by atoms with Crippen LogP contribution in [0.2, 0.25) is 0 Å². The van der Waals surface area contributed by atoms with Gasteiger partial charge in [-0.25, -0.2) is 9.78 Å². The zero-order chi connectivity index (χ0) is 8.36. The Balaban J connectivity index is 2.69. The first-order chi connectivity index (χ1) is 5.41.